The van der Waals surface area contributed by atoms with Gasteiger partial charge < -0.3 is 4.90 Å². The molecule has 1 aliphatic carbocycles. The van der Waals surface area contributed by atoms with Crippen molar-refractivity contribution < 1.29 is 4.79 Å². The lowest BCUT2D eigenvalue weighted by Crippen LogP contribution is -2.33. The monoisotopic (exact) mass is 272 g/mol. The third-order valence-corrected chi connectivity index (χ3v) is 4.80. The minimum Gasteiger partial charge on any atom is -0.321 e. The van der Waals surface area contributed by atoms with Gasteiger partial charge in [0, 0.05) is 6.54 Å². The average molecular weight is 272 g/mol. The summed E-state index contributed by atoms with van der Waals surface area (Å²) in [5.74, 6) is 1.71. The van der Waals surface area contributed by atoms with Gasteiger partial charge in [-0.15, -0.1) is 0 Å². The fourth-order valence-corrected chi connectivity index (χ4v) is 3.27. The number of benzene rings is 1. The number of carbonyl (C=O) groups is 1. The zero-order valence-corrected chi connectivity index (χ0v) is 12.8. The molecule has 2 aliphatic rings. The molecule has 1 aromatic carbocycles. The minimum absolute atomic E-state index is 0.0471. The van der Waals surface area contributed by atoms with Crippen LogP contribution in [-0.2, 0) is 4.79 Å². The highest BCUT2D eigenvalue weighted by atomic mass is 16.2. The van der Waals surface area contributed by atoms with Crippen molar-refractivity contribution in [1.29, 1.82) is 0 Å². The van der Waals surface area contributed by atoms with Gasteiger partial charge in [0.05, 0.1) is 6.04 Å². The Kier molecular flexibility index (Phi) is 3.33. The second kappa shape index (κ2) is 4.88. The van der Waals surface area contributed by atoms with Gasteiger partial charge >= 0.3 is 0 Å². The van der Waals surface area contributed by atoms with Crippen LogP contribution in [0.1, 0.15) is 43.1 Å². The molecule has 0 radical (unpaired) electrons. The highest BCUT2D eigenvalue weighted by molar-refractivity contribution is 5.84. The highest BCUT2D eigenvalue weighted by Crippen LogP contribution is 2.40. The number of nitrogens with zero attached hydrogens (tertiary/aromatic N) is 1. The fraction of sp³-hybridized carbons (Fsp3) is 0.588. The fourth-order valence-electron chi connectivity index (χ4n) is 3.27. The van der Waals surface area contributed by atoms with E-state index in [9.17, 15) is 4.79 Å². The van der Waals surface area contributed by atoms with Gasteiger partial charge in [-0.25, -0.2) is 0 Å². The van der Waals surface area contributed by atoms with E-state index in [2.05, 4.69) is 49.2 Å². The molecule has 1 saturated heterocycles. The van der Waals surface area contributed by atoms with Gasteiger partial charge in [-0.1, -0.05) is 30.7 Å². The molecular formula is C17H24N2O. The van der Waals surface area contributed by atoms with Gasteiger partial charge in [-0.3, -0.25) is 10.1 Å². The number of aryl methyl sites for hydroxylation is 2. The van der Waals surface area contributed by atoms with Crippen LogP contribution in [0.4, 0.5) is 0 Å². The van der Waals surface area contributed by atoms with Crippen molar-refractivity contribution in [3.05, 3.63) is 34.9 Å². The number of rotatable bonds is 3. The van der Waals surface area contributed by atoms with Gasteiger partial charge in [-0.05, 0) is 50.2 Å². The summed E-state index contributed by atoms with van der Waals surface area (Å²) in [5.41, 5.74) is 3.77. The molecule has 0 spiro atoms. The van der Waals surface area contributed by atoms with E-state index >= 15 is 0 Å². The second-order valence-corrected chi connectivity index (χ2v) is 6.61. The lowest BCUT2D eigenvalue weighted by Gasteiger charge is -2.26. The van der Waals surface area contributed by atoms with Crippen molar-refractivity contribution >= 4 is 5.91 Å². The molecule has 108 valence electrons. The summed E-state index contributed by atoms with van der Waals surface area (Å²) in [4.78, 5) is 14.5. The van der Waals surface area contributed by atoms with Gasteiger partial charge in [0.15, 0.2) is 0 Å². The number of hydrogen-bond acceptors (Lipinski definition) is 2. The van der Waals surface area contributed by atoms with Gasteiger partial charge in [-0.2, -0.15) is 0 Å². The first kappa shape index (κ1) is 13.6. The minimum atomic E-state index is -0.0743. The molecule has 4 atom stereocenters. The Bertz CT molecular complexity index is 540. The van der Waals surface area contributed by atoms with E-state index in [0.717, 1.165) is 12.5 Å². The van der Waals surface area contributed by atoms with E-state index in [-0.39, 0.29) is 18.1 Å². The maximum absolute atomic E-state index is 12.4. The first-order chi connectivity index (χ1) is 9.47. The van der Waals surface area contributed by atoms with E-state index in [1.54, 1.807) is 0 Å². The van der Waals surface area contributed by atoms with Crippen molar-refractivity contribution in [3.8, 4) is 0 Å². The van der Waals surface area contributed by atoms with E-state index in [0.29, 0.717) is 5.92 Å². The molecule has 3 nitrogen and oxygen atoms in total. The number of hydrogen-bond donors (Lipinski definition) is 1. The number of nitrogens with one attached hydrogen (secondary N) is 1. The van der Waals surface area contributed by atoms with E-state index in [4.69, 9.17) is 0 Å². The molecule has 1 amide bonds. The van der Waals surface area contributed by atoms with Crippen LogP contribution in [0.25, 0.3) is 0 Å². The summed E-state index contributed by atoms with van der Waals surface area (Å²) < 4.78 is 0. The van der Waals surface area contributed by atoms with Crippen molar-refractivity contribution in [2.45, 2.75) is 46.3 Å². The summed E-state index contributed by atoms with van der Waals surface area (Å²) in [6.07, 6.45) is 1.31. The van der Waals surface area contributed by atoms with Crippen LogP contribution >= 0.6 is 0 Å². The van der Waals surface area contributed by atoms with Crippen LogP contribution in [0, 0.1) is 25.7 Å². The highest BCUT2D eigenvalue weighted by Gasteiger charge is 2.42. The Morgan fingerprint density at radius 1 is 1.30 bits per heavy atom. The second-order valence-electron chi connectivity index (χ2n) is 6.61. The first-order valence-corrected chi connectivity index (χ1v) is 7.61. The molecule has 0 bridgehead atoms. The summed E-state index contributed by atoms with van der Waals surface area (Å²) in [7, 11) is 0. The maximum Gasteiger partial charge on any atom is 0.241 e. The number of carbonyl (C=O) groups excluding carboxylic acids is 1. The molecule has 1 saturated carbocycles. The van der Waals surface area contributed by atoms with Crippen LogP contribution in [-0.4, -0.2) is 23.4 Å². The van der Waals surface area contributed by atoms with E-state index < -0.39 is 0 Å². The SMILES string of the molecule is Cc1ccc(C2NC(C)C(=O)N2CC2CC2C)c(C)c1. The molecule has 4 unspecified atom stereocenters. The van der Waals surface area contributed by atoms with Crippen molar-refractivity contribution in [2.24, 2.45) is 11.8 Å². The molecule has 1 heterocycles. The Hall–Kier alpha value is -1.35. The van der Waals surface area contributed by atoms with Crippen molar-refractivity contribution in [2.75, 3.05) is 6.54 Å². The summed E-state index contributed by atoms with van der Waals surface area (Å²) >= 11 is 0. The molecular weight excluding hydrogens is 248 g/mol. The molecule has 1 aromatic rings. The maximum atomic E-state index is 12.4. The summed E-state index contributed by atoms with van der Waals surface area (Å²) in [5, 5.41) is 3.45. The Labute approximate surface area is 121 Å². The molecule has 1 N–H and O–H groups in total. The summed E-state index contributed by atoms with van der Waals surface area (Å²) in [6.45, 7) is 9.38. The molecule has 3 heteroatoms. The van der Waals surface area contributed by atoms with Crippen LogP contribution < -0.4 is 5.32 Å². The lowest BCUT2D eigenvalue weighted by molar-refractivity contribution is -0.130. The van der Waals surface area contributed by atoms with Gasteiger partial charge in [0.1, 0.15) is 6.17 Å². The quantitative estimate of drug-likeness (QED) is 0.917. The molecule has 1 aliphatic heterocycles. The smallest absolute Gasteiger partial charge is 0.241 e. The molecule has 20 heavy (non-hydrogen) atoms. The Morgan fingerprint density at radius 3 is 2.60 bits per heavy atom. The Morgan fingerprint density at radius 2 is 2.00 bits per heavy atom. The lowest BCUT2D eigenvalue weighted by atomic mass is 10.0. The van der Waals surface area contributed by atoms with Gasteiger partial charge in [0.2, 0.25) is 5.91 Å². The molecule has 0 aromatic heterocycles. The first-order valence-electron chi connectivity index (χ1n) is 7.61. The third kappa shape index (κ3) is 2.35. The number of amides is 1. The zero-order valence-electron chi connectivity index (χ0n) is 12.8. The Balaban J connectivity index is 1.87. The molecule has 2 fully saturated rings. The van der Waals surface area contributed by atoms with Crippen LogP contribution in [0.5, 0.6) is 0 Å². The third-order valence-electron chi connectivity index (χ3n) is 4.80. The standard InChI is InChI=1S/C17H24N2O/c1-10-5-6-15(12(3)7-10)16-18-13(4)17(20)19(16)9-14-8-11(14)2/h5-7,11,13-14,16,18H,8-9H2,1-4H3. The predicted octanol–water partition coefficient (Wildman–Crippen LogP) is 2.78. The topological polar surface area (TPSA) is 32.3 Å². The largest absolute Gasteiger partial charge is 0.321 e. The molecule has 3 rings (SSSR count). The van der Waals surface area contributed by atoms with E-state index in [1.807, 2.05) is 6.92 Å². The van der Waals surface area contributed by atoms with Gasteiger partial charge in [0.25, 0.3) is 0 Å². The van der Waals surface area contributed by atoms with Crippen LogP contribution in [0.2, 0.25) is 0 Å². The van der Waals surface area contributed by atoms with Crippen LogP contribution in [0.3, 0.4) is 0 Å². The van der Waals surface area contributed by atoms with E-state index in [1.165, 1.54) is 23.1 Å². The summed E-state index contributed by atoms with van der Waals surface area (Å²) in [6, 6.07) is 6.42. The normalized spacial score (nSPS) is 32.8. The van der Waals surface area contributed by atoms with Crippen LogP contribution in [0.15, 0.2) is 18.2 Å². The van der Waals surface area contributed by atoms with Crippen molar-refractivity contribution in [1.82, 2.24) is 10.2 Å². The zero-order chi connectivity index (χ0) is 14.4. The predicted molar refractivity (Wildman–Crippen MR) is 80.2 cm³/mol. The average Bonchev–Trinajstić information content (AvgIpc) is 3.01. The van der Waals surface area contributed by atoms with Crippen molar-refractivity contribution in [3.63, 3.8) is 0 Å².